The maximum absolute atomic E-state index is 11.9. The zero-order chi connectivity index (χ0) is 16.7. The minimum absolute atomic E-state index is 0.151. The third-order valence-corrected chi connectivity index (χ3v) is 3.04. The Bertz CT molecular complexity index is 639. The van der Waals surface area contributed by atoms with Gasteiger partial charge in [-0.15, -0.1) is 0 Å². The fourth-order valence-electron chi connectivity index (χ4n) is 2.02. The third kappa shape index (κ3) is 5.29. The van der Waals surface area contributed by atoms with Crippen LogP contribution < -0.4 is 15.4 Å². The highest BCUT2D eigenvalue weighted by atomic mass is 16.5. The standard InChI is InChI=1S/C18H23N3O2/c1-4-10-20-18(22)17-12-15(9-11-19-17)21-14-5-7-16(8-6-14)23-13(2)3/h5-9,11-13H,4,10H2,1-3H3,(H,19,21)(H,20,22). The maximum Gasteiger partial charge on any atom is 0.269 e. The molecule has 0 aliphatic rings. The summed E-state index contributed by atoms with van der Waals surface area (Å²) in [6, 6.07) is 11.3. The Kier molecular flexibility index (Phi) is 5.97. The second kappa shape index (κ2) is 8.17. The lowest BCUT2D eigenvalue weighted by molar-refractivity contribution is 0.0948. The number of ether oxygens (including phenoxy) is 1. The van der Waals surface area contributed by atoms with Gasteiger partial charge in [-0.3, -0.25) is 9.78 Å². The number of hydrogen-bond acceptors (Lipinski definition) is 4. The van der Waals surface area contributed by atoms with Crippen LogP contribution in [0.5, 0.6) is 5.75 Å². The molecule has 0 unspecified atom stereocenters. The first-order valence-electron chi connectivity index (χ1n) is 7.86. The van der Waals surface area contributed by atoms with Crippen molar-refractivity contribution in [3.8, 4) is 5.75 Å². The SMILES string of the molecule is CCCNC(=O)c1cc(Nc2ccc(OC(C)C)cc2)ccn1. The zero-order valence-corrected chi connectivity index (χ0v) is 13.8. The highest BCUT2D eigenvalue weighted by Crippen LogP contribution is 2.21. The van der Waals surface area contributed by atoms with Crippen molar-refractivity contribution in [2.45, 2.75) is 33.3 Å². The van der Waals surface area contributed by atoms with Crippen molar-refractivity contribution in [2.75, 3.05) is 11.9 Å². The van der Waals surface area contributed by atoms with Crippen LogP contribution in [0.4, 0.5) is 11.4 Å². The summed E-state index contributed by atoms with van der Waals surface area (Å²) in [6.45, 7) is 6.65. The minimum Gasteiger partial charge on any atom is -0.491 e. The van der Waals surface area contributed by atoms with Crippen molar-refractivity contribution in [1.82, 2.24) is 10.3 Å². The Balaban J connectivity index is 2.03. The van der Waals surface area contributed by atoms with E-state index in [1.807, 2.05) is 51.1 Å². The van der Waals surface area contributed by atoms with E-state index in [-0.39, 0.29) is 12.0 Å². The number of hydrogen-bond donors (Lipinski definition) is 2. The van der Waals surface area contributed by atoms with Crippen molar-refractivity contribution in [3.63, 3.8) is 0 Å². The predicted molar refractivity (Wildman–Crippen MR) is 92.3 cm³/mol. The van der Waals surface area contributed by atoms with E-state index in [2.05, 4.69) is 15.6 Å². The van der Waals surface area contributed by atoms with Crippen LogP contribution in [0.2, 0.25) is 0 Å². The number of carbonyl (C=O) groups is 1. The number of amides is 1. The molecule has 0 saturated carbocycles. The molecule has 1 amide bonds. The van der Waals surface area contributed by atoms with Crippen LogP contribution in [0.3, 0.4) is 0 Å². The third-order valence-electron chi connectivity index (χ3n) is 3.04. The van der Waals surface area contributed by atoms with Gasteiger partial charge in [0, 0.05) is 24.1 Å². The summed E-state index contributed by atoms with van der Waals surface area (Å²) in [4.78, 5) is 16.0. The monoisotopic (exact) mass is 313 g/mol. The van der Waals surface area contributed by atoms with E-state index < -0.39 is 0 Å². The molecule has 1 heterocycles. The van der Waals surface area contributed by atoms with Gasteiger partial charge in [0.05, 0.1) is 6.10 Å². The topological polar surface area (TPSA) is 63.2 Å². The Labute approximate surface area is 137 Å². The number of anilines is 2. The van der Waals surface area contributed by atoms with Crippen molar-refractivity contribution < 1.29 is 9.53 Å². The number of aromatic nitrogens is 1. The van der Waals surface area contributed by atoms with Gasteiger partial charge in [-0.2, -0.15) is 0 Å². The molecule has 0 bridgehead atoms. The summed E-state index contributed by atoms with van der Waals surface area (Å²) in [5, 5.41) is 6.08. The van der Waals surface area contributed by atoms with Gasteiger partial charge in [0.1, 0.15) is 11.4 Å². The molecular weight excluding hydrogens is 290 g/mol. The molecule has 5 heteroatoms. The number of benzene rings is 1. The zero-order valence-electron chi connectivity index (χ0n) is 13.8. The summed E-state index contributed by atoms with van der Waals surface area (Å²) in [5.74, 6) is 0.677. The maximum atomic E-state index is 11.9. The number of carbonyl (C=O) groups excluding carboxylic acids is 1. The Morgan fingerprint density at radius 2 is 1.91 bits per heavy atom. The molecule has 0 aliphatic heterocycles. The molecule has 1 aromatic carbocycles. The van der Waals surface area contributed by atoms with Crippen LogP contribution in [-0.4, -0.2) is 23.5 Å². The minimum atomic E-state index is -0.156. The molecule has 23 heavy (non-hydrogen) atoms. The van der Waals surface area contributed by atoms with E-state index in [4.69, 9.17) is 4.74 Å². The van der Waals surface area contributed by atoms with E-state index >= 15 is 0 Å². The highest BCUT2D eigenvalue weighted by molar-refractivity contribution is 5.93. The Morgan fingerprint density at radius 3 is 2.57 bits per heavy atom. The lowest BCUT2D eigenvalue weighted by atomic mass is 10.2. The molecular formula is C18H23N3O2. The van der Waals surface area contributed by atoms with Gasteiger partial charge in [-0.05, 0) is 56.7 Å². The van der Waals surface area contributed by atoms with Crippen LogP contribution >= 0.6 is 0 Å². The molecule has 0 saturated heterocycles. The van der Waals surface area contributed by atoms with Crippen LogP contribution in [-0.2, 0) is 0 Å². The molecule has 0 spiro atoms. The van der Waals surface area contributed by atoms with Crippen molar-refractivity contribution in [1.29, 1.82) is 0 Å². The van der Waals surface area contributed by atoms with E-state index in [1.54, 1.807) is 12.3 Å². The quantitative estimate of drug-likeness (QED) is 0.817. The average molecular weight is 313 g/mol. The van der Waals surface area contributed by atoms with E-state index in [1.165, 1.54) is 0 Å². The van der Waals surface area contributed by atoms with E-state index in [0.717, 1.165) is 23.5 Å². The van der Waals surface area contributed by atoms with Gasteiger partial charge in [-0.25, -0.2) is 0 Å². The van der Waals surface area contributed by atoms with Crippen LogP contribution in [0.1, 0.15) is 37.7 Å². The normalized spacial score (nSPS) is 10.4. The lowest BCUT2D eigenvalue weighted by Crippen LogP contribution is -2.24. The first-order valence-corrected chi connectivity index (χ1v) is 7.86. The predicted octanol–water partition coefficient (Wildman–Crippen LogP) is 3.75. The summed E-state index contributed by atoms with van der Waals surface area (Å²) in [6.07, 6.45) is 2.67. The van der Waals surface area contributed by atoms with Gasteiger partial charge in [0.15, 0.2) is 0 Å². The molecule has 0 atom stereocenters. The van der Waals surface area contributed by atoms with Gasteiger partial charge in [-0.1, -0.05) is 6.92 Å². The molecule has 2 aromatic rings. The molecule has 2 rings (SSSR count). The smallest absolute Gasteiger partial charge is 0.269 e. The molecule has 0 fully saturated rings. The van der Waals surface area contributed by atoms with E-state index in [9.17, 15) is 4.79 Å². The molecule has 0 radical (unpaired) electrons. The van der Waals surface area contributed by atoms with Crippen LogP contribution in [0.25, 0.3) is 0 Å². The molecule has 2 N–H and O–H groups in total. The molecule has 1 aromatic heterocycles. The van der Waals surface area contributed by atoms with Crippen molar-refractivity contribution in [3.05, 3.63) is 48.3 Å². The Morgan fingerprint density at radius 1 is 1.17 bits per heavy atom. The molecule has 122 valence electrons. The molecule has 5 nitrogen and oxygen atoms in total. The van der Waals surface area contributed by atoms with Gasteiger partial charge in [0.2, 0.25) is 0 Å². The number of pyridine rings is 1. The van der Waals surface area contributed by atoms with Gasteiger partial charge < -0.3 is 15.4 Å². The number of nitrogens with zero attached hydrogens (tertiary/aromatic N) is 1. The highest BCUT2D eigenvalue weighted by Gasteiger charge is 2.07. The van der Waals surface area contributed by atoms with Crippen molar-refractivity contribution >= 4 is 17.3 Å². The largest absolute Gasteiger partial charge is 0.491 e. The van der Waals surface area contributed by atoms with Crippen LogP contribution in [0, 0.1) is 0 Å². The second-order valence-electron chi connectivity index (χ2n) is 5.50. The van der Waals surface area contributed by atoms with E-state index in [0.29, 0.717) is 12.2 Å². The Hall–Kier alpha value is -2.56. The molecule has 0 aliphatic carbocycles. The summed E-state index contributed by atoms with van der Waals surface area (Å²) in [5.41, 5.74) is 2.15. The lowest BCUT2D eigenvalue weighted by Gasteiger charge is -2.11. The summed E-state index contributed by atoms with van der Waals surface area (Å²) in [7, 11) is 0. The summed E-state index contributed by atoms with van der Waals surface area (Å²) < 4.78 is 5.62. The van der Waals surface area contributed by atoms with Gasteiger partial charge in [0.25, 0.3) is 5.91 Å². The average Bonchev–Trinajstić information content (AvgIpc) is 2.54. The number of nitrogens with one attached hydrogen (secondary N) is 2. The fourth-order valence-corrected chi connectivity index (χ4v) is 2.02. The fraction of sp³-hybridized carbons (Fsp3) is 0.333. The van der Waals surface area contributed by atoms with Gasteiger partial charge >= 0.3 is 0 Å². The van der Waals surface area contributed by atoms with Crippen LogP contribution in [0.15, 0.2) is 42.6 Å². The van der Waals surface area contributed by atoms with Crippen molar-refractivity contribution in [2.24, 2.45) is 0 Å². The number of rotatable bonds is 7. The second-order valence-corrected chi connectivity index (χ2v) is 5.50. The summed E-state index contributed by atoms with van der Waals surface area (Å²) >= 11 is 0. The first-order chi connectivity index (χ1) is 11.1. The first kappa shape index (κ1) is 16.8.